The maximum atomic E-state index is 13.3. The Bertz CT molecular complexity index is 1050. The van der Waals surface area contributed by atoms with Gasteiger partial charge >= 0.3 is 0 Å². The average molecular weight is 453 g/mol. The maximum absolute atomic E-state index is 13.3. The van der Waals surface area contributed by atoms with Crippen LogP contribution in [0.2, 0.25) is 0 Å². The Hall–Kier alpha value is -2.83. The second-order valence-electron chi connectivity index (χ2n) is 7.07. The van der Waals surface area contributed by atoms with E-state index in [0.29, 0.717) is 12.1 Å². The van der Waals surface area contributed by atoms with Gasteiger partial charge in [-0.1, -0.05) is 5.16 Å². The van der Waals surface area contributed by atoms with Gasteiger partial charge < -0.3 is 20.5 Å². The first-order chi connectivity index (χ1) is 14.7. The van der Waals surface area contributed by atoms with Crippen LogP contribution in [-0.2, 0) is 14.8 Å². The first-order valence-electron chi connectivity index (χ1n) is 9.67. The van der Waals surface area contributed by atoms with Crippen molar-refractivity contribution in [2.24, 2.45) is 5.73 Å². The number of rotatable bonds is 6. The number of halogens is 1. The molecule has 2 aromatic rings. The minimum atomic E-state index is -4.21. The Morgan fingerprint density at radius 2 is 1.94 bits per heavy atom. The van der Waals surface area contributed by atoms with Crippen LogP contribution in [0.5, 0.6) is 0 Å². The molecule has 3 N–H and O–H groups in total. The molecule has 0 spiro atoms. The van der Waals surface area contributed by atoms with E-state index in [1.807, 2.05) is 0 Å². The molecule has 2 amide bonds. The van der Waals surface area contributed by atoms with Crippen LogP contribution in [-0.4, -0.2) is 66.9 Å². The van der Waals surface area contributed by atoms with Crippen LogP contribution >= 0.6 is 0 Å². The van der Waals surface area contributed by atoms with Gasteiger partial charge in [-0.3, -0.25) is 9.59 Å². The summed E-state index contributed by atoms with van der Waals surface area (Å²) >= 11 is 0. The summed E-state index contributed by atoms with van der Waals surface area (Å²) in [5.74, 6) is -1.58. The van der Waals surface area contributed by atoms with Crippen molar-refractivity contribution in [2.45, 2.75) is 31.3 Å². The lowest BCUT2D eigenvalue weighted by atomic mass is 10.1. The summed E-state index contributed by atoms with van der Waals surface area (Å²) in [5.41, 5.74) is 5.97. The number of aromatic nitrogens is 1. The minimum absolute atomic E-state index is 0.00576. The molecule has 1 aliphatic heterocycles. The first kappa shape index (κ1) is 22.8. The van der Waals surface area contributed by atoms with E-state index >= 15 is 0 Å². The number of hydrogen-bond acceptors (Lipinski definition) is 7. The average Bonchev–Trinajstić information content (AvgIpc) is 3.09. The molecule has 1 aromatic carbocycles. The lowest BCUT2D eigenvalue weighted by Crippen LogP contribution is -2.63. The zero-order valence-corrected chi connectivity index (χ0v) is 18.0. The molecule has 1 aromatic heterocycles. The van der Waals surface area contributed by atoms with Crippen molar-refractivity contribution in [2.75, 3.05) is 26.2 Å². The molecule has 0 bridgehead atoms. The quantitative estimate of drug-likeness (QED) is 0.644. The zero-order valence-electron chi connectivity index (χ0n) is 17.2. The fourth-order valence-corrected chi connectivity index (χ4v) is 5.09. The Morgan fingerprint density at radius 1 is 1.26 bits per heavy atom. The number of nitrogens with two attached hydrogens (primary N) is 1. The summed E-state index contributed by atoms with van der Waals surface area (Å²) in [6, 6.07) is 4.28. The Kier molecular flexibility index (Phi) is 6.72. The molecule has 1 aliphatic rings. The lowest BCUT2D eigenvalue weighted by molar-refractivity contribution is -0.130. The van der Waals surface area contributed by atoms with E-state index in [0.717, 1.165) is 28.6 Å². The Labute approximate surface area is 179 Å². The first-order valence-corrected chi connectivity index (χ1v) is 11.1. The van der Waals surface area contributed by atoms with Gasteiger partial charge in [-0.25, -0.2) is 12.8 Å². The highest BCUT2D eigenvalue weighted by Crippen LogP contribution is 2.27. The molecule has 3 rings (SSSR count). The highest BCUT2D eigenvalue weighted by molar-refractivity contribution is 7.89. The van der Waals surface area contributed by atoms with Crippen molar-refractivity contribution in [3.05, 3.63) is 47.1 Å². The van der Waals surface area contributed by atoms with Crippen molar-refractivity contribution >= 4 is 21.8 Å². The molecule has 10 nitrogen and oxygen atoms in total. The number of nitrogens with one attached hydrogen (secondary N) is 1. The number of sulfonamides is 1. The molecule has 168 valence electrons. The number of carbonyl (C=O) groups excluding carboxylic acids is 2. The van der Waals surface area contributed by atoms with E-state index in [9.17, 15) is 22.4 Å². The highest BCUT2D eigenvalue weighted by Gasteiger charge is 2.45. The van der Waals surface area contributed by atoms with Gasteiger partial charge in [-0.15, -0.1) is 0 Å². The molecule has 0 aliphatic carbocycles. The van der Waals surface area contributed by atoms with E-state index in [-0.39, 0.29) is 42.4 Å². The van der Waals surface area contributed by atoms with E-state index < -0.39 is 33.8 Å². The highest BCUT2D eigenvalue weighted by atomic mass is 32.2. The molecule has 1 unspecified atom stereocenters. The van der Waals surface area contributed by atoms with Crippen LogP contribution in [0.15, 0.2) is 33.7 Å². The number of carbonyl (C=O) groups is 2. The fraction of sp³-hybridized carbons (Fsp3) is 0.421. The maximum Gasteiger partial charge on any atom is 0.261 e. The second-order valence-corrected chi connectivity index (χ2v) is 8.96. The van der Waals surface area contributed by atoms with Crippen molar-refractivity contribution in [1.82, 2.24) is 19.7 Å². The number of benzene rings is 1. The third kappa shape index (κ3) is 4.45. The molecule has 2 heterocycles. The zero-order chi connectivity index (χ0) is 22.8. The van der Waals surface area contributed by atoms with Crippen LogP contribution in [0.1, 0.15) is 28.2 Å². The van der Waals surface area contributed by atoms with Gasteiger partial charge in [0, 0.05) is 26.2 Å². The van der Waals surface area contributed by atoms with E-state index in [1.54, 1.807) is 13.8 Å². The van der Waals surface area contributed by atoms with E-state index in [4.69, 9.17) is 10.3 Å². The van der Waals surface area contributed by atoms with Gasteiger partial charge in [0.2, 0.25) is 10.0 Å². The smallest absolute Gasteiger partial charge is 0.261 e. The predicted molar refractivity (Wildman–Crippen MR) is 108 cm³/mol. The third-order valence-corrected chi connectivity index (χ3v) is 6.82. The summed E-state index contributed by atoms with van der Waals surface area (Å²) in [6.07, 6.45) is -1.15. The molecule has 0 saturated carbocycles. The Balaban J connectivity index is 2.04. The van der Waals surface area contributed by atoms with Crippen molar-refractivity contribution in [3.8, 4) is 0 Å². The SMILES string of the molecule is Cc1noc(C)c1C(=O)N1CCCN(S(=O)(=O)c2ccc(F)cc2)C1C(=O)NCCN. The number of nitrogens with zero attached hydrogens (tertiary/aromatic N) is 3. The topological polar surface area (TPSA) is 139 Å². The van der Waals surface area contributed by atoms with Gasteiger partial charge in [0.05, 0.1) is 10.6 Å². The second kappa shape index (κ2) is 9.12. The third-order valence-electron chi connectivity index (χ3n) is 4.95. The van der Waals surface area contributed by atoms with Crippen molar-refractivity contribution in [3.63, 3.8) is 0 Å². The molecule has 12 heteroatoms. The standard InChI is InChI=1S/C19H24FN5O5S/c1-12-16(13(2)30-23-12)19(27)24-10-3-11-25(18(24)17(26)22-9-8-21)31(28,29)15-6-4-14(20)5-7-15/h4-7,18H,3,8-11,21H2,1-2H3,(H,22,26). The molecule has 1 fully saturated rings. The van der Waals surface area contributed by atoms with Gasteiger partial charge in [0.15, 0.2) is 6.17 Å². The van der Waals surface area contributed by atoms with Gasteiger partial charge in [0.25, 0.3) is 11.8 Å². The number of amides is 2. The Morgan fingerprint density at radius 3 is 2.52 bits per heavy atom. The largest absolute Gasteiger partial charge is 0.361 e. The molecule has 0 radical (unpaired) electrons. The van der Waals surface area contributed by atoms with Gasteiger partial charge in [-0.05, 0) is 44.5 Å². The van der Waals surface area contributed by atoms with Gasteiger partial charge in [0.1, 0.15) is 17.1 Å². The summed E-state index contributed by atoms with van der Waals surface area (Å²) in [6.45, 7) is 3.55. The van der Waals surface area contributed by atoms with Gasteiger partial charge in [-0.2, -0.15) is 4.31 Å². The molecular weight excluding hydrogens is 429 g/mol. The van der Waals surface area contributed by atoms with Crippen molar-refractivity contribution < 1.29 is 26.9 Å². The normalized spacial score (nSPS) is 17.5. The molecule has 1 saturated heterocycles. The number of hydrogen-bond donors (Lipinski definition) is 2. The monoisotopic (exact) mass is 453 g/mol. The van der Waals surface area contributed by atoms with Crippen LogP contribution in [0.4, 0.5) is 4.39 Å². The summed E-state index contributed by atoms with van der Waals surface area (Å²) in [5, 5.41) is 6.33. The summed E-state index contributed by atoms with van der Waals surface area (Å²) < 4.78 is 45.9. The fourth-order valence-electron chi connectivity index (χ4n) is 3.49. The van der Waals surface area contributed by atoms with E-state index in [1.165, 1.54) is 4.90 Å². The van der Waals surface area contributed by atoms with Crippen LogP contribution in [0.3, 0.4) is 0 Å². The van der Waals surface area contributed by atoms with E-state index in [2.05, 4.69) is 10.5 Å². The number of aryl methyl sites for hydroxylation is 2. The van der Waals surface area contributed by atoms with Crippen molar-refractivity contribution in [1.29, 1.82) is 0 Å². The molecule has 31 heavy (non-hydrogen) atoms. The summed E-state index contributed by atoms with van der Waals surface area (Å²) in [4.78, 5) is 27.3. The van der Waals surface area contributed by atoms with Crippen LogP contribution in [0, 0.1) is 19.7 Å². The van der Waals surface area contributed by atoms with Crippen LogP contribution in [0.25, 0.3) is 0 Å². The lowest BCUT2D eigenvalue weighted by Gasteiger charge is -2.41. The minimum Gasteiger partial charge on any atom is -0.361 e. The molecular formula is C19H24FN5O5S. The molecule has 1 atom stereocenters. The summed E-state index contributed by atoms with van der Waals surface area (Å²) in [7, 11) is -4.21. The van der Waals surface area contributed by atoms with Crippen LogP contribution < -0.4 is 11.1 Å². The predicted octanol–water partition coefficient (Wildman–Crippen LogP) is 0.368.